The molecule has 0 aromatic rings. The van der Waals surface area contributed by atoms with Gasteiger partial charge < -0.3 is 5.11 Å². The molecule has 0 radical (unpaired) electrons. The Morgan fingerprint density at radius 2 is 2.20 bits per heavy atom. The van der Waals surface area contributed by atoms with Crippen LogP contribution in [0.1, 0.15) is 0 Å². The molecule has 0 spiro atoms. The summed E-state index contributed by atoms with van der Waals surface area (Å²) in [7, 11) is 0. The van der Waals surface area contributed by atoms with Crippen molar-refractivity contribution in [2.75, 3.05) is 0 Å². The van der Waals surface area contributed by atoms with Gasteiger partial charge >= 0.3 is 5.97 Å². The van der Waals surface area contributed by atoms with Crippen molar-refractivity contribution in [3.8, 4) is 0 Å². The van der Waals surface area contributed by atoms with Crippen molar-refractivity contribution in [1.82, 2.24) is 0 Å². The first kappa shape index (κ1) is 7.15. The fraction of sp³-hybridized carbons (Fsp3) is 0. The lowest BCUT2D eigenvalue weighted by Gasteiger charge is -1.91. The molecule has 0 atom stereocenters. The average molecular weight is 154 g/mol. The van der Waals surface area contributed by atoms with Gasteiger partial charge in [0.2, 0.25) is 0 Å². The lowest BCUT2D eigenvalue weighted by atomic mass is 10.4. The predicted octanol–water partition coefficient (Wildman–Crippen LogP) is 1.77. The van der Waals surface area contributed by atoms with Crippen molar-refractivity contribution < 1.29 is 9.90 Å². The molecule has 1 rings (SSSR count). The molecule has 0 aromatic heterocycles. The van der Waals surface area contributed by atoms with Gasteiger partial charge in [0.15, 0.2) is 0 Å². The van der Waals surface area contributed by atoms with Crippen LogP contribution in [0.15, 0.2) is 34.6 Å². The summed E-state index contributed by atoms with van der Waals surface area (Å²) < 4.78 is 0. The lowest BCUT2D eigenvalue weighted by molar-refractivity contribution is -0.131. The van der Waals surface area contributed by atoms with Gasteiger partial charge in [0.25, 0.3) is 0 Å². The zero-order valence-corrected chi connectivity index (χ0v) is 5.97. The Kier molecular flexibility index (Phi) is 2.34. The van der Waals surface area contributed by atoms with Gasteiger partial charge in [-0.25, -0.2) is 4.79 Å². The fourth-order valence-electron chi connectivity index (χ4n) is 0.526. The van der Waals surface area contributed by atoms with Crippen LogP contribution in [0.5, 0.6) is 0 Å². The Labute approximate surface area is 62.9 Å². The number of rotatable bonds is 1. The van der Waals surface area contributed by atoms with E-state index in [9.17, 15) is 4.79 Å². The molecule has 52 valence electrons. The minimum atomic E-state index is -0.874. The standard InChI is InChI=1S/C7H6O2S/c8-7(9)6-4-2-1-3-5-10-6/h1-5H,(H,8,9). The molecule has 1 N–H and O–H groups in total. The van der Waals surface area contributed by atoms with Gasteiger partial charge in [-0.2, -0.15) is 0 Å². The van der Waals surface area contributed by atoms with Gasteiger partial charge in [-0.15, -0.1) is 0 Å². The Morgan fingerprint density at radius 3 is 2.90 bits per heavy atom. The number of hydrogen-bond acceptors (Lipinski definition) is 2. The Bertz CT molecular complexity index is 226. The number of aliphatic carboxylic acids is 1. The third-order valence-electron chi connectivity index (χ3n) is 0.954. The maximum Gasteiger partial charge on any atom is 0.342 e. The van der Waals surface area contributed by atoms with Gasteiger partial charge in [-0.1, -0.05) is 30.0 Å². The van der Waals surface area contributed by atoms with Crippen molar-refractivity contribution >= 4 is 17.7 Å². The topological polar surface area (TPSA) is 37.3 Å². The van der Waals surface area contributed by atoms with E-state index in [1.165, 1.54) is 11.8 Å². The molecule has 1 aliphatic heterocycles. The average Bonchev–Trinajstić information content (AvgIpc) is 2.12. The van der Waals surface area contributed by atoms with E-state index in [1.807, 2.05) is 0 Å². The van der Waals surface area contributed by atoms with E-state index >= 15 is 0 Å². The smallest absolute Gasteiger partial charge is 0.342 e. The van der Waals surface area contributed by atoms with Crippen LogP contribution in [-0.4, -0.2) is 11.1 Å². The van der Waals surface area contributed by atoms with Gasteiger partial charge in [0.1, 0.15) is 0 Å². The van der Waals surface area contributed by atoms with E-state index in [2.05, 4.69) is 0 Å². The first-order valence-electron chi connectivity index (χ1n) is 2.74. The largest absolute Gasteiger partial charge is 0.477 e. The molecule has 1 heterocycles. The van der Waals surface area contributed by atoms with Crippen molar-refractivity contribution in [3.63, 3.8) is 0 Å². The van der Waals surface area contributed by atoms with Crippen LogP contribution in [0, 0.1) is 0 Å². The number of carbonyl (C=O) groups is 1. The Morgan fingerprint density at radius 1 is 1.40 bits per heavy atom. The second kappa shape index (κ2) is 3.27. The first-order chi connectivity index (χ1) is 4.80. The molecule has 0 bridgehead atoms. The summed E-state index contributed by atoms with van der Waals surface area (Å²) >= 11 is 1.21. The highest BCUT2D eigenvalue weighted by Gasteiger charge is 2.04. The molecule has 0 aromatic carbocycles. The molecule has 0 unspecified atom stereocenters. The first-order valence-corrected chi connectivity index (χ1v) is 3.62. The maximum atomic E-state index is 10.4. The van der Waals surface area contributed by atoms with Crippen LogP contribution >= 0.6 is 11.8 Å². The van der Waals surface area contributed by atoms with Crippen molar-refractivity contribution in [3.05, 3.63) is 34.6 Å². The molecule has 3 heteroatoms. The summed E-state index contributed by atoms with van der Waals surface area (Å²) in [5.41, 5.74) is 0. The molecule has 1 aliphatic rings. The third kappa shape index (κ3) is 1.77. The van der Waals surface area contributed by atoms with Gasteiger partial charge in [0.05, 0.1) is 4.91 Å². The van der Waals surface area contributed by atoms with Crippen LogP contribution in [0.4, 0.5) is 0 Å². The van der Waals surface area contributed by atoms with Crippen LogP contribution in [-0.2, 0) is 4.79 Å². The van der Waals surface area contributed by atoms with Crippen molar-refractivity contribution in [2.45, 2.75) is 0 Å². The van der Waals surface area contributed by atoms with E-state index in [-0.39, 0.29) is 0 Å². The van der Waals surface area contributed by atoms with Crippen LogP contribution in [0.2, 0.25) is 0 Å². The second-order valence-corrected chi connectivity index (χ2v) is 2.62. The van der Waals surface area contributed by atoms with Crippen molar-refractivity contribution in [1.29, 1.82) is 0 Å². The van der Waals surface area contributed by atoms with Crippen molar-refractivity contribution in [2.24, 2.45) is 0 Å². The summed E-state index contributed by atoms with van der Waals surface area (Å²) in [5.74, 6) is -0.874. The maximum absolute atomic E-state index is 10.4. The zero-order valence-electron chi connectivity index (χ0n) is 5.15. The fourth-order valence-corrected chi connectivity index (χ4v) is 1.10. The monoisotopic (exact) mass is 154 g/mol. The normalized spacial score (nSPS) is 16.2. The molecule has 0 amide bonds. The number of allylic oxidation sites excluding steroid dienone is 4. The van der Waals surface area contributed by atoms with E-state index < -0.39 is 5.97 Å². The summed E-state index contributed by atoms with van der Waals surface area (Å²) in [6.07, 6.45) is 6.88. The predicted molar refractivity (Wildman–Crippen MR) is 41.6 cm³/mol. The molecular formula is C7H6O2S. The SMILES string of the molecule is O=C(O)C1=CC=CC=CS1. The molecular weight excluding hydrogens is 148 g/mol. The molecule has 2 nitrogen and oxygen atoms in total. The van der Waals surface area contributed by atoms with Gasteiger partial charge in [-0.05, 0) is 11.5 Å². The minimum Gasteiger partial charge on any atom is -0.477 e. The van der Waals surface area contributed by atoms with Crippen LogP contribution < -0.4 is 0 Å². The zero-order chi connectivity index (χ0) is 7.40. The highest BCUT2D eigenvalue weighted by Crippen LogP contribution is 2.18. The van der Waals surface area contributed by atoms with E-state index in [0.717, 1.165) is 0 Å². The Hall–Kier alpha value is -0.960. The highest BCUT2D eigenvalue weighted by molar-refractivity contribution is 8.06. The molecule has 0 fully saturated rings. The lowest BCUT2D eigenvalue weighted by Crippen LogP contribution is -1.94. The molecule has 0 aliphatic carbocycles. The summed E-state index contributed by atoms with van der Waals surface area (Å²) in [5, 5.41) is 10.2. The summed E-state index contributed by atoms with van der Waals surface area (Å²) in [4.78, 5) is 10.7. The second-order valence-electron chi connectivity index (χ2n) is 1.67. The minimum absolute atomic E-state index is 0.352. The van der Waals surface area contributed by atoms with Crippen LogP contribution in [0.3, 0.4) is 0 Å². The quantitative estimate of drug-likeness (QED) is 0.625. The van der Waals surface area contributed by atoms with Gasteiger partial charge in [-0.3, -0.25) is 0 Å². The number of thioether (sulfide) groups is 1. The summed E-state index contributed by atoms with van der Waals surface area (Å²) in [6, 6.07) is 0. The number of carboxylic acid groups (broad SMARTS) is 1. The number of carboxylic acids is 1. The summed E-state index contributed by atoms with van der Waals surface area (Å²) in [6.45, 7) is 0. The van der Waals surface area contributed by atoms with E-state index in [0.29, 0.717) is 4.91 Å². The molecule has 0 saturated heterocycles. The van der Waals surface area contributed by atoms with Gasteiger partial charge in [0, 0.05) is 0 Å². The third-order valence-corrected chi connectivity index (χ3v) is 1.81. The highest BCUT2D eigenvalue weighted by atomic mass is 32.2. The molecule has 0 saturated carbocycles. The van der Waals surface area contributed by atoms with E-state index in [4.69, 9.17) is 5.11 Å². The van der Waals surface area contributed by atoms with Crippen LogP contribution in [0.25, 0.3) is 0 Å². The Balaban J connectivity index is 2.78. The number of hydrogen-bond donors (Lipinski definition) is 1. The molecule has 10 heavy (non-hydrogen) atoms. The van der Waals surface area contributed by atoms with E-state index in [1.54, 1.807) is 29.7 Å².